The highest BCUT2D eigenvalue weighted by Gasteiger charge is 2.24. The van der Waals surface area contributed by atoms with Crippen molar-refractivity contribution < 1.29 is 29.0 Å². The number of ketones is 1. The zero-order chi connectivity index (χ0) is 31.4. The van der Waals surface area contributed by atoms with Crippen LogP contribution < -0.4 is 10.6 Å². The summed E-state index contributed by atoms with van der Waals surface area (Å²) >= 11 is 0. The van der Waals surface area contributed by atoms with E-state index in [9.17, 15) is 39.9 Å². The van der Waals surface area contributed by atoms with E-state index in [1.165, 1.54) is 13.0 Å². The van der Waals surface area contributed by atoms with E-state index in [0.717, 1.165) is 11.6 Å². The Kier molecular flexibility index (Phi) is 11.2. The minimum Gasteiger partial charge on any atom is -0.457 e. The lowest BCUT2D eigenvalue weighted by molar-refractivity contribution is -0.393. The Bertz CT molecular complexity index is 1620. The summed E-state index contributed by atoms with van der Waals surface area (Å²) in [4.78, 5) is 56.6. The summed E-state index contributed by atoms with van der Waals surface area (Å²) in [5, 5.41) is 45.5. The molecule has 0 spiro atoms. The first-order valence-corrected chi connectivity index (χ1v) is 12.7. The van der Waals surface area contributed by atoms with Crippen molar-refractivity contribution in [3.05, 3.63) is 97.6 Å². The highest BCUT2D eigenvalue weighted by molar-refractivity contribution is 5.97. The second-order valence-electron chi connectivity index (χ2n) is 8.92. The maximum absolute atomic E-state index is 12.0. The van der Waals surface area contributed by atoms with Gasteiger partial charge in [-0.2, -0.15) is 5.26 Å². The number of carbonyl (C=O) groups is 3. The van der Waals surface area contributed by atoms with Gasteiger partial charge in [0.05, 0.1) is 33.6 Å². The monoisotopic (exact) mass is 587 g/mol. The standard InChI is InChI=1S/C28H25N7O8/c1-18(36)31-24-13-19(9-11-30-12-10-27(38)43-17-26(37)20-5-3-2-4-6-20)7-8-23(24)32-33-28-21(16-29)14-22(34(39)40)15-25(28)35(41)42/h2-8,13-15,30H,9-12,17H2,1H3,(H,31,36). The van der Waals surface area contributed by atoms with Gasteiger partial charge in [0, 0.05) is 25.1 Å². The van der Waals surface area contributed by atoms with E-state index in [2.05, 4.69) is 20.9 Å². The van der Waals surface area contributed by atoms with E-state index in [4.69, 9.17) is 4.74 Å². The number of nitriles is 1. The Hall–Kier alpha value is -5.88. The minimum atomic E-state index is -0.906. The van der Waals surface area contributed by atoms with Crippen LogP contribution in [0.2, 0.25) is 0 Å². The van der Waals surface area contributed by atoms with E-state index in [-0.39, 0.29) is 30.2 Å². The summed E-state index contributed by atoms with van der Waals surface area (Å²) in [5.41, 5.74) is -0.716. The first-order valence-electron chi connectivity index (χ1n) is 12.7. The third-order valence-corrected chi connectivity index (χ3v) is 5.79. The first-order chi connectivity index (χ1) is 20.6. The molecule has 15 heteroatoms. The second kappa shape index (κ2) is 15.2. The Morgan fingerprint density at radius 2 is 1.72 bits per heavy atom. The number of hydrogen-bond acceptors (Lipinski definition) is 12. The molecule has 0 aliphatic heterocycles. The Morgan fingerprint density at radius 1 is 0.977 bits per heavy atom. The van der Waals surface area contributed by atoms with Crippen LogP contribution in [-0.4, -0.2) is 47.2 Å². The van der Waals surface area contributed by atoms with Crippen LogP contribution in [-0.2, 0) is 20.7 Å². The number of non-ortho nitro benzene ring substituents is 1. The molecule has 0 fully saturated rings. The largest absolute Gasteiger partial charge is 0.457 e. The van der Waals surface area contributed by atoms with Gasteiger partial charge in [0.15, 0.2) is 18.1 Å². The molecule has 2 N–H and O–H groups in total. The molecule has 0 aliphatic carbocycles. The fraction of sp³-hybridized carbons (Fsp3) is 0.214. The molecule has 0 bridgehead atoms. The van der Waals surface area contributed by atoms with Gasteiger partial charge >= 0.3 is 11.7 Å². The molecule has 0 saturated heterocycles. The summed E-state index contributed by atoms with van der Waals surface area (Å²) < 4.78 is 5.02. The van der Waals surface area contributed by atoms with Gasteiger partial charge in [-0.05, 0) is 30.7 Å². The fourth-order valence-corrected chi connectivity index (χ4v) is 3.73. The summed E-state index contributed by atoms with van der Waals surface area (Å²) in [6.45, 7) is 1.69. The number of anilines is 1. The van der Waals surface area contributed by atoms with E-state index >= 15 is 0 Å². The maximum atomic E-state index is 12.0. The number of rotatable bonds is 14. The topological polar surface area (TPSA) is 219 Å². The molecule has 0 atom stereocenters. The quantitative estimate of drug-likeness (QED) is 0.0661. The van der Waals surface area contributed by atoms with Crippen molar-refractivity contribution in [2.75, 3.05) is 25.0 Å². The van der Waals surface area contributed by atoms with E-state index in [1.54, 1.807) is 48.5 Å². The highest BCUT2D eigenvalue weighted by atomic mass is 16.6. The predicted molar refractivity (Wildman–Crippen MR) is 152 cm³/mol. The Labute approximate surface area is 244 Å². The molecule has 0 heterocycles. The summed E-state index contributed by atoms with van der Waals surface area (Å²) in [7, 11) is 0. The van der Waals surface area contributed by atoms with Gasteiger partial charge in [-0.1, -0.05) is 36.4 Å². The van der Waals surface area contributed by atoms with Crippen molar-refractivity contribution in [2.45, 2.75) is 19.8 Å². The first kappa shape index (κ1) is 31.6. The number of esters is 1. The molecule has 0 radical (unpaired) electrons. The van der Waals surface area contributed by atoms with Crippen molar-refractivity contribution in [3.8, 4) is 6.07 Å². The Balaban J connectivity index is 1.62. The van der Waals surface area contributed by atoms with Crippen LogP contribution in [0.1, 0.15) is 34.8 Å². The number of amides is 1. The van der Waals surface area contributed by atoms with Crippen LogP contribution in [0.4, 0.5) is 28.4 Å². The van der Waals surface area contributed by atoms with Crippen LogP contribution >= 0.6 is 0 Å². The molecule has 0 aromatic heterocycles. The van der Waals surface area contributed by atoms with Crippen molar-refractivity contribution in [1.82, 2.24) is 5.32 Å². The lowest BCUT2D eigenvalue weighted by Crippen LogP contribution is -2.23. The highest BCUT2D eigenvalue weighted by Crippen LogP contribution is 2.37. The van der Waals surface area contributed by atoms with Gasteiger partial charge in [0.1, 0.15) is 11.8 Å². The van der Waals surface area contributed by atoms with E-state index in [0.29, 0.717) is 31.1 Å². The SMILES string of the molecule is CC(=O)Nc1cc(CCNCCC(=O)OCC(=O)c2ccccc2)ccc1N=Nc1c(C#N)cc([N+](=O)[O-])cc1[N+](=O)[O-]. The maximum Gasteiger partial charge on any atom is 0.307 e. The van der Waals surface area contributed by atoms with Gasteiger partial charge in [-0.3, -0.25) is 34.6 Å². The van der Waals surface area contributed by atoms with Crippen molar-refractivity contribution in [3.63, 3.8) is 0 Å². The summed E-state index contributed by atoms with van der Waals surface area (Å²) in [6, 6.07) is 16.5. The second-order valence-corrected chi connectivity index (χ2v) is 8.92. The molecule has 0 aliphatic rings. The van der Waals surface area contributed by atoms with Crippen LogP contribution in [0, 0.1) is 31.6 Å². The zero-order valence-electron chi connectivity index (χ0n) is 22.8. The minimum absolute atomic E-state index is 0.0536. The number of carbonyl (C=O) groups excluding carboxylic acids is 3. The van der Waals surface area contributed by atoms with Crippen LogP contribution in [0.25, 0.3) is 0 Å². The number of nitrogens with zero attached hydrogens (tertiary/aromatic N) is 5. The summed E-state index contributed by atoms with van der Waals surface area (Å²) in [5.74, 6) is -1.24. The molecule has 0 saturated carbocycles. The molecular weight excluding hydrogens is 562 g/mol. The van der Waals surface area contributed by atoms with Crippen molar-refractivity contribution in [1.29, 1.82) is 5.26 Å². The van der Waals surface area contributed by atoms with Gasteiger partial charge in [-0.25, -0.2) is 0 Å². The van der Waals surface area contributed by atoms with Crippen LogP contribution in [0.3, 0.4) is 0 Å². The molecule has 43 heavy (non-hydrogen) atoms. The van der Waals surface area contributed by atoms with E-state index in [1.807, 2.05) is 0 Å². The molecule has 3 aromatic carbocycles. The lowest BCUT2D eigenvalue weighted by Gasteiger charge is -2.10. The molecule has 1 amide bonds. The van der Waals surface area contributed by atoms with Gasteiger partial charge in [-0.15, -0.1) is 10.2 Å². The van der Waals surface area contributed by atoms with Gasteiger partial charge in [0.25, 0.3) is 5.69 Å². The third-order valence-electron chi connectivity index (χ3n) is 5.79. The van der Waals surface area contributed by atoms with Gasteiger partial charge < -0.3 is 15.4 Å². The van der Waals surface area contributed by atoms with Crippen LogP contribution in [0.15, 0.2) is 70.9 Å². The fourth-order valence-electron chi connectivity index (χ4n) is 3.73. The predicted octanol–water partition coefficient (Wildman–Crippen LogP) is 4.70. The molecule has 220 valence electrons. The average Bonchev–Trinajstić information content (AvgIpc) is 2.98. The lowest BCUT2D eigenvalue weighted by atomic mass is 10.1. The number of azo groups is 1. The number of ether oxygens (including phenoxy) is 1. The molecule has 3 rings (SSSR count). The molecular formula is C28H25N7O8. The number of benzene rings is 3. The number of nitrogens with one attached hydrogen (secondary N) is 2. The average molecular weight is 588 g/mol. The Morgan fingerprint density at radius 3 is 2.37 bits per heavy atom. The summed E-state index contributed by atoms with van der Waals surface area (Å²) in [6.07, 6.45) is 0.538. The molecule has 0 unspecified atom stereocenters. The number of nitro benzene ring substituents is 2. The molecule has 15 nitrogen and oxygen atoms in total. The van der Waals surface area contributed by atoms with E-state index < -0.39 is 44.3 Å². The number of nitro groups is 2. The van der Waals surface area contributed by atoms with Crippen LogP contribution in [0.5, 0.6) is 0 Å². The zero-order valence-corrected chi connectivity index (χ0v) is 22.8. The van der Waals surface area contributed by atoms with Crippen molar-refractivity contribution in [2.24, 2.45) is 10.2 Å². The van der Waals surface area contributed by atoms with Gasteiger partial charge in [0.2, 0.25) is 5.91 Å². The smallest absolute Gasteiger partial charge is 0.307 e. The molecule has 3 aromatic rings. The normalized spacial score (nSPS) is 10.6. The van der Waals surface area contributed by atoms with Crippen molar-refractivity contribution >= 4 is 46.1 Å². The number of Topliss-reactive ketones (excluding diaryl/α,β-unsaturated/α-hetero) is 1. The third kappa shape index (κ3) is 9.33. The number of hydrogen-bond donors (Lipinski definition) is 2.